The van der Waals surface area contributed by atoms with E-state index in [4.69, 9.17) is 17.4 Å². The van der Waals surface area contributed by atoms with E-state index in [2.05, 4.69) is 15.4 Å². The Morgan fingerprint density at radius 1 is 1.44 bits per heavy atom. The molecule has 4 nitrogen and oxygen atoms in total. The highest BCUT2D eigenvalue weighted by molar-refractivity contribution is 6.30. The summed E-state index contributed by atoms with van der Waals surface area (Å²) >= 11 is 5.48. The molecule has 3 N–H and O–H groups in total. The van der Waals surface area contributed by atoms with Crippen molar-refractivity contribution in [3.63, 3.8) is 0 Å². The number of nitrogen functional groups attached to an aromatic ring is 1. The van der Waals surface area contributed by atoms with Gasteiger partial charge in [-0.2, -0.15) is 0 Å². The quantitative estimate of drug-likeness (QED) is 0.443. The van der Waals surface area contributed by atoms with Crippen LogP contribution in [-0.4, -0.2) is 9.97 Å². The second-order valence-electron chi connectivity index (χ2n) is 1.37. The highest BCUT2D eigenvalue weighted by atomic mass is 35.5. The number of hydrogen-bond donors (Lipinski definition) is 2. The van der Waals surface area contributed by atoms with Crippen LogP contribution in [0.25, 0.3) is 0 Å². The van der Waals surface area contributed by atoms with Gasteiger partial charge in [0.25, 0.3) is 0 Å². The fourth-order valence-corrected chi connectivity index (χ4v) is 0.484. The molecule has 0 aliphatic rings. The van der Waals surface area contributed by atoms with Gasteiger partial charge in [0.15, 0.2) is 0 Å². The molecule has 0 radical (unpaired) electrons. The molecule has 0 atom stereocenters. The Hall–Kier alpha value is -0.870. The first kappa shape index (κ1) is 6.25. The molecule has 9 heavy (non-hydrogen) atoms. The van der Waals surface area contributed by atoms with Gasteiger partial charge >= 0.3 is 0 Å². The number of rotatable bonds is 1. The number of nitrogens with one attached hydrogen (secondary N) is 1. The van der Waals surface area contributed by atoms with Crippen LogP contribution in [0, 0.1) is 0 Å². The Labute approximate surface area is 57.0 Å². The molecule has 1 aromatic rings. The summed E-state index contributed by atoms with van der Waals surface area (Å²) in [5.41, 5.74) is 2.27. The van der Waals surface area contributed by atoms with Crippen molar-refractivity contribution in [1.82, 2.24) is 9.97 Å². The number of anilines is 1. The molecule has 1 rings (SSSR count). The van der Waals surface area contributed by atoms with Gasteiger partial charge in [0, 0.05) is 0 Å². The molecule has 1 aromatic heterocycles. The zero-order chi connectivity index (χ0) is 6.69. The van der Waals surface area contributed by atoms with E-state index in [1.807, 2.05) is 0 Å². The van der Waals surface area contributed by atoms with Crippen molar-refractivity contribution in [1.29, 1.82) is 0 Å². The maximum Gasteiger partial charge on any atom is 0.237 e. The summed E-state index contributed by atoms with van der Waals surface area (Å²) in [5, 5.41) is 0.494. The van der Waals surface area contributed by atoms with Gasteiger partial charge in [-0.05, 0) is 0 Å². The van der Waals surface area contributed by atoms with E-state index >= 15 is 0 Å². The third kappa shape index (κ3) is 1.51. The van der Waals surface area contributed by atoms with E-state index in [9.17, 15) is 0 Å². The van der Waals surface area contributed by atoms with Crippen molar-refractivity contribution in [3.05, 3.63) is 17.4 Å². The van der Waals surface area contributed by atoms with Gasteiger partial charge in [0.2, 0.25) is 5.95 Å². The van der Waals surface area contributed by atoms with Crippen molar-refractivity contribution in [2.45, 2.75) is 0 Å². The smallest absolute Gasteiger partial charge is 0.237 e. The minimum absolute atomic E-state index is 0.361. The molecule has 0 aromatic carbocycles. The predicted molar refractivity (Wildman–Crippen MR) is 34.9 cm³/mol. The Morgan fingerprint density at radius 3 is 2.44 bits per heavy atom. The van der Waals surface area contributed by atoms with E-state index in [0.717, 1.165) is 0 Å². The number of nitrogens with two attached hydrogens (primary N) is 1. The van der Waals surface area contributed by atoms with Gasteiger partial charge in [0.1, 0.15) is 0 Å². The topological polar surface area (TPSA) is 63.8 Å². The highest BCUT2D eigenvalue weighted by Crippen LogP contribution is 2.03. The summed E-state index contributed by atoms with van der Waals surface area (Å²) in [6, 6.07) is 0. The van der Waals surface area contributed by atoms with Crippen molar-refractivity contribution >= 4 is 17.5 Å². The third-order valence-corrected chi connectivity index (χ3v) is 0.945. The van der Waals surface area contributed by atoms with Crippen LogP contribution in [0.3, 0.4) is 0 Å². The summed E-state index contributed by atoms with van der Waals surface area (Å²) in [7, 11) is 0. The first-order chi connectivity index (χ1) is 4.33. The lowest BCUT2D eigenvalue weighted by molar-refractivity contribution is 1.12. The number of halogens is 1. The van der Waals surface area contributed by atoms with Crippen molar-refractivity contribution in [2.75, 3.05) is 5.43 Å². The second-order valence-corrected chi connectivity index (χ2v) is 1.81. The Bertz CT molecular complexity index is 184. The normalized spacial score (nSPS) is 9.11. The number of aromatic nitrogens is 2. The molecular weight excluding hydrogens is 140 g/mol. The fraction of sp³-hybridized carbons (Fsp3) is 0. The first-order valence-corrected chi connectivity index (χ1v) is 2.65. The first-order valence-electron chi connectivity index (χ1n) is 2.27. The molecule has 0 spiro atoms. The van der Waals surface area contributed by atoms with Crippen LogP contribution in [0.5, 0.6) is 0 Å². The third-order valence-electron chi connectivity index (χ3n) is 0.749. The largest absolute Gasteiger partial charge is 0.292 e. The molecule has 0 aliphatic carbocycles. The maximum absolute atomic E-state index is 5.48. The summed E-state index contributed by atoms with van der Waals surface area (Å²) < 4.78 is 0. The van der Waals surface area contributed by atoms with Crippen LogP contribution < -0.4 is 11.3 Å². The molecular formula is C4H5ClN4. The van der Waals surface area contributed by atoms with Crippen molar-refractivity contribution in [3.8, 4) is 0 Å². The van der Waals surface area contributed by atoms with Gasteiger partial charge in [-0.15, -0.1) is 0 Å². The van der Waals surface area contributed by atoms with E-state index in [0.29, 0.717) is 11.0 Å². The zero-order valence-electron chi connectivity index (χ0n) is 4.50. The lowest BCUT2D eigenvalue weighted by Gasteiger charge is -1.93. The fourth-order valence-electron chi connectivity index (χ4n) is 0.387. The lowest BCUT2D eigenvalue weighted by atomic mass is 10.7. The van der Waals surface area contributed by atoms with Crippen LogP contribution >= 0.6 is 11.6 Å². The van der Waals surface area contributed by atoms with Gasteiger partial charge in [-0.25, -0.2) is 15.8 Å². The Balaban J connectivity index is 2.88. The van der Waals surface area contributed by atoms with Gasteiger partial charge < -0.3 is 0 Å². The summed E-state index contributed by atoms with van der Waals surface area (Å²) in [5.74, 6) is 5.34. The van der Waals surface area contributed by atoms with E-state index in [1.165, 1.54) is 12.4 Å². The molecule has 0 fully saturated rings. The van der Waals surface area contributed by atoms with Crippen LogP contribution in [0.1, 0.15) is 0 Å². The predicted octanol–water partition coefficient (Wildman–Crippen LogP) is 0.416. The lowest BCUT2D eigenvalue weighted by Crippen LogP contribution is -2.09. The van der Waals surface area contributed by atoms with E-state index in [1.54, 1.807) is 0 Å². The average Bonchev–Trinajstić information content (AvgIpc) is 1.90. The van der Waals surface area contributed by atoms with Crippen molar-refractivity contribution in [2.24, 2.45) is 5.84 Å². The van der Waals surface area contributed by atoms with Crippen LogP contribution in [-0.2, 0) is 0 Å². The van der Waals surface area contributed by atoms with Gasteiger partial charge in [-0.3, -0.25) is 5.43 Å². The highest BCUT2D eigenvalue weighted by Gasteiger charge is 1.88. The summed E-state index contributed by atoms with van der Waals surface area (Å²) in [6.07, 6.45) is 2.92. The molecule has 48 valence electrons. The van der Waals surface area contributed by atoms with Crippen LogP contribution in [0.15, 0.2) is 12.4 Å². The van der Waals surface area contributed by atoms with E-state index < -0.39 is 0 Å². The molecule has 0 amide bonds. The molecule has 1 heterocycles. The Morgan fingerprint density at radius 2 is 2.00 bits per heavy atom. The summed E-state index contributed by atoms with van der Waals surface area (Å²) in [4.78, 5) is 7.44. The van der Waals surface area contributed by atoms with Gasteiger partial charge in [0.05, 0.1) is 17.4 Å². The minimum atomic E-state index is 0.361. The molecule has 0 unspecified atom stereocenters. The molecule has 0 saturated heterocycles. The number of nitrogens with zero attached hydrogens (tertiary/aromatic N) is 2. The minimum Gasteiger partial charge on any atom is -0.292 e. The van der Waals surface area contributed by atoms with Crippen LogP contribution in [0.4, 0.5) is 5.95 Å². The van der Waals surface area contributed by atoms with Crippen LogP contribution in [0.2, 0.25) is 5.02 Å². The summed E-state index contributed by atoms with van der Waals surface area (Å²) in [6.45, 7) is 0. The van der Waals surface area contributed by atoms with Gasteiger partial charge in [-0.1, -0.05) is 11.6 Å². The average molecular weight is 145 g/mol. The monoisotopic (exact) mass is 144 g/mol. The molecule has 5 heteroatoms. The SMILES string of the molecule is NNc1ncc(Cl)cn1. The number of hydrogen-bond acceptors (Lipinski definition) is 4. The number of hydrazine groups is 1. The molecule has 0 saturated carbocycles. The standard InChI is InChI=1S/C4H5ClN4/c5-3-1-7-4(9-6)8-2-3/h1-2H,6H2,(H,7,8,9). The van der Waals surface area contributed by atoms with Crippen molar-refractivity contribution < 1.29 is 0 Å². The molecule has 0 bridgehead atoms. The zero-order valence-corrected chi connectivity index (χ0v) is 5.26. The maximum atomic E-state index is 5.48. The second kappa shape index (κ2) is 2.61. The van der Waals surface area contributed by atoms with E-state index in [-0.39, 0.29) is 0 Å². The molecule has 0 aliphatic heterocycles. The Kier molecular flexibility index (Phi) is 1.81.